The molecule has 0 amide bonds. The Labute approximate surface area is 114 Å². The number of nitrogens with zero attached hydrogens (tertiary/aromatic N) is 2. The van der Waals surface area contributed by atoms with E-state index < -0.39 is 6.55 Å². The van der Waals surface area contributed by atoms with Gasteiger partial charge in [0.15, 0.2) is 0 Å². The van der Waals surface area contributed by atoms with Crippen molar-refractivity contribution in [3.63, 3.8) is 0 Å². The number of aromatic nitrogens is 2. The minimum absolute atomic E-state index is 0.183. The molecule has 0 radical (unpaired) electrons. The number of ether oxygens (including phenoxy) is 1. The van der Waals surface area contributed by atoms with Crippen LogP contribution in [-0.4, -0.2) is 16.7 Å². The molecule has 1 aromatic carbocycles. The van der Waals surface area contributed by atoms with Gasteiger partial charge in [-0.3, -0.25) is 4.57 Å². The molecule has 0 aliphatic heterocycles. The van der Waals surface area contributed by atoms with Gasteiger partial charge in [0.2, 0.25) is 0 Å². The largest absolute Gasteiger partial charge is 0.495 e. The van der Waals surface area contributed by atoms with Crippen molar-refractivity contribution in [2.75, 3.05) is 12.4 Å². The topological polar surface area (TPSA) is 39.1 Å². The molecule has 0 unspecified atom stereocenters. The molecule has 1 N–H and O–H groups in total. The van der Waals surface area contributed by atoms with E-state index in [1.807, 2.05) is 0 Å². The molecular formula is C12H12ClF2N3O. The highest BCUT2D eigenvalue weighted by molar-refractivity contribution is 6.32. The molecule has 19 heavy (non-hydrogen) atoms. The molecule has 7 heteroatoms. The molecular weight excluding hydrogens is 276 g/mol. The number of anilines is 1. The Bertz CT molecular complexity index is 560. The molecule has 0 saturated heterocycles. The van der Waals surface area contributed by atoms with E-state index in [2.05, 4.69) is 10.3 Å². The number of alkyl halides is 2. The maximum absolute atomic E-state index is 12.6. The summed E-state index contributed by atoms with van der Waals surface area (Å²) >= 11 is 5.89. The van der Waals surface area contributed by atoms with Crippen LogP contribution >= 0.6 is 11.6 Å². The minimum atomic E-state index is -2.60. The monoisotopic (exact) mass is 287 g/mol. The van der Waals surface area contributed by atoms with E-state index in [0.717, 1.165) is 4.57 Å². The van der Waals surface area contributed by atoms with Gasteiger partial charge in [-0.25, -0.2) is 4.98 Å². The third kappa shape index (κ3) is 3.14. The van der Waals surface area contributed by atoms with Gasteiger partial charge in [0.25, 0.3) is 0 Å². The van der Waals surface area contributed by atoms with Crippen LogP contribution in [-0.2, 0) is 6.54 Å². The second-order valence-electron chi connectivity index (χ2n) is 3.73. The number of benzene rings is 1. The number of rotatable bonds is 5. The van der Waals surface area contributed by atoms with Crippen LogP contribution in [0.4, 0.5) is 14.5 Å². The van der Waals surface area contributed by atoms with Crippen molar-refractivity contribution in [1.29, 1.82) is 0 Å². The van der Waals surface area contributed by atoms with Gasteiger partial charge in [0.05, 0.1) is 18.7 Å². The van der Waals surface area contributed by atoms with E-state index in [1.54, 1.807) is 18.2 Å². The van der Waals surface area contributed by atoms with Gasteiger partial charge in [0.1, 0.15) is 11.6 Å². The van der Waals surface area contributed by atoms with Crippen molar-refractivity contribution < 1.29 is 13.5 Å². The first-order chi connectivity index (χ1) is 9.11. The highest BCUT2D eigenvalue weighted by Crippen LogP contribution is 2.27. The molecule has 0 aliphatic carbocycles. The van der Waals surface area contributed by atoms with E-state index in [1.165, 1.54) is 19.5 Å². The van der Waals surface area contributed by atoms with Crippen LogP contribution in [0.15, 0.2) is 30.6 Å². The maximum atomic E-state index is 12.6. The summed E-state index contributed by atoms with van der Waals surface area (Å²) in [5.41, 5.74) is 0.713. The molecule has 0 aliphatic rings. The summed E-state index contributed by atoms with van der Waals surface area (Å²) in [6.07, 6.45) is 2.58. The van der Waals surface area contributed by atoms with Gasteiger partial charge >= 0.3 is 6.55 Å². The van der Waals surface area contributed by atoms with Crippen LogP contribution in [0.25, 0.3) is 0 Å². The zero-order valence-electron chi connectivity index (χ0n) is 10.1. The molecule has 1 aromatic heterocycles. The second-order valence-corrected chi connectivity index (χ2v) is 4.14. The van der Waals surface area contributed by atoms with Crippen molar-refractivity contribution in [3.8, 4) is 5.75 Å². The zero-order chi connectivity index (χ0) is 13.8. The third-order valence-electron chi connectivity index (χ3n) is 2.56. The van der Waals surface area contributed by atoms with Gasteiger partial charge in [-0.1, -0.05) is 11.6 Å². The second kappa shape index (κ2) is 5.88. The summed E-state index contributed by atoms with van der Waals surface area (Å²) < 4.78 is 31.1. The molecule has 0 atom stereocenters. The Kier molecular flexibility index (Phi) is 4.21. The van der Waals surface area contributed by atoms with E-state index in [9.17, 15) is 8.78 Å². The Morgan fingerprint density at radius 3 is 2.95 bits per heavy atom. The number of nitrogens with one attached hydrogen (secondary N) is 1. The highest BCUT2D eigenvalue weighted by Gasteiger charge is 2.11. The fraction of sp³-hybridized carbons (Fsp3) is 0.250. The lowest BCUT2D eigenvalue weighted by Gasteiger charge is -2.10. The van der Waals surface area contributed by atoms with E-state index in [0.29, 0.717) is 16.5 Å². The number of methoxy groups -OCH3 is 1. The van der Waals surface area contributed by atoms with Crippen molar-refractivity contribution >= 4 is 17.3 Å². The van der Waals surface area contributed by atoms with Crippen molar-refractivity contribution in [2.45, 2.75) is 13.1 Å². The van der Waals surface area contributed by atoms with Crippen molar-refractivity contribution in [2.24, 2.45) is 0 Å². The highest BCUT2D eigenvalue weighted by atomic mass is 35.5. The minimum Gasteiger partial charge on any atom is -0.495 e. The SMILES string of the molecule is COc1cc(NCc2nccn2C(F)F)ccc1Cl. The lowest BCUT2D eigenvalue weighted by Crippen LogP contribution is -2.09. The van der Waals surface area contributed by atoms with Crippen LogP contribution in [0.1, 0.15) is 12.4 Å². The quantitative estimate of drug-likeness (QED) is 0.914. The van der Waals surface area contributed by atoms with E-state index in [-0.39, 0.29) is 12.4 Å². The molecule has 0 bridgehead atoms. The zero-order valence-corrected chi connectivity index (χ0v) is 10.9. The van der Waals surface area contributed by atoms with Crippen LogP contribution in [0, 0.1) is 0 Å². The van der Waals surface area contributed by atoms with Gasteiger partial charge in [-0.05, 0) is 12.1 Å². The van der Waals surface area contributed by atoms with Gasteiger partial charge in [0, 0.05) is 24.1 Å². The summed E-state index contributed by atoms with van der Waals surface area (Å²) in [4.78, 5) is 3.88. The normalized spacial score (nSPS) is 10.8. The van der Waals surface area contributed by atoms with E-state index in [4.69, 9.17) is 16.3 Å². The van der Waals surface area contributed by atoms with Gasteiger partial charge in [-0.2, -0.15) is 8.78 Å². The van der Waals surface area contributed by atoms with Crippen LogP contribution in [0.5, 0.6) is 5.75 Å². The first-order valence-electron chi connectivity index (χ1n) is 5.49. The summed E-state index contributed by atoms with van der Waals surface area (Å²) in [5.74, 6) is 0.771. The Balaban J connectivity index is 2.08. The molecule has 1 heterocycles. The molecule has 0 saturated carbocycles. The van der Waals surface area contributed by atoms with E-state index >= 15 is 0 Å². The molecule has 0 fully saturated rings. The van der Waals surface area contributed by atoms with Crippen molar-refractivity contribution in [1.82, 2.24) is 9.55 Å². The molecule has 2 aromatic rings. The fourth-order valence-electron chi connectivity index (χ4n) is 1.61. The van der Waals surface area contributed by atoms with Gasteiger partial charge < -0.3 is 10.1 Å². The summed E-state index contributed by atoms with van der Waals surface area (Å²) in [7, 11) is 1.51. The molecule has 0 spiro atoms. The summed E-state index contributed by atoms with van der Waals surface area (Å²) in [5, 5.41) is 3.48. The summed E-state index contributed by atoms with van der Waals surface area (Å²) in [6, 6.07) is 5.10. The summed E-state index contributed by atoms with van der Waals surface area (Å²) in [6.45, 7) is -2.42. The fourth-order valence-corrected chi connectivity index (χ4v) is 1.80. The Morgan fingerprint density at radius 1 is 1.47 bits per heavy atom. The standard InChI is InChI=1S/C12H12ClF2N3O/c1-19-10-6-8(2-3-9(10)13)17-7-11-16-4-5-18(11)12(14)15/h2-6,12,17H,7H2,1H3. The lowest BCUT2D eigenvalue weighted by molar-refractivity contribution is 0.0673. The average Bonchev–Trinajstić information content (AvgIpc) is 2.86. The van der Waals surface area contributed by atoms with Crippen LogP contribution < -0.4 is 10.1 Å². The maximum Gasteiger partial charge on any atom is 0.319 e. The first-order valence-corrected chi connectivity index (χ1v) is 5.87. The first kappa shape index (κ1) is 13.6. The van der Waals surface area contributed by atoms with Gasteiger partial charge in [-0.15, -0.1) is 0 Å². The number of halogens is 3. The van der Waals surface area contributed by atoms with Crippen LogP contribution in [0.3, 0.4) is 0 Å². The Hall–Kier alpha value is -1.82. The van der Waals surface area contributed by atoms with Crippen molar-refractivity contribution in [3.05, 3.63) is 41.4 Å². The molecule has 4 nitrogen and oxygen atoms in total. The molecule has 2 rings (SSSR count). The molecule has 102 valence electrons. The average molecular weight is 288 g/mol. The third-order valence-corrected chi connectivity index (χ3v) is 2.87. The Morgan fingerprint density at radius 2 is 2.26 bits per heavy atom. The predicted octanol–water partition coefficient (Wildman–Crippen LogP) is 3.55. The predicted molar refractivity (Wildman–Crippen MR) is 68.8 cm³/mol. The number of imidazole rings is 1. The smallest absolute Gasteiger partial charge is 0.319 e. The number of hydrogen-bond acceptors (Lipinski definition) is 3. The lowest BCUT2D eigenvalue weighted by atomic mass is 10.3. The van der Waals surface area contributed by atoms with Crippen LogP contribution in [0.2, 0.25) is 5.02 Å². The number of hydrogen-bond donors (Lipinski definition) is 1.